The van der Waals surface area contributed by atoms with Gasteiger partial charge in [-0.2, -0.15) is 0 Å². The lowest BCUT2D eigenvalue weighted by molar-refractivity contribution is 0.199. The van der Waals surface area contributed by atoms with Crippen LogP contribution in [0.3, 0.4) is 0 Å². The van der Waals surface area contributed by atoms with Crippen molar-refractivity contribution >= 4 is 29.0 Å². The van der Waals surface area contributed by atoms with Gasteiger partial charge in [0.2, 0.25) is 0 Å². The Hall–Kier alpha value is -2.04. The molecule has 0 heterocycles. The predicted molar refractivity (Wildman–Crippen MR) is 85.9 cm³/mol. The number of hydrogen-bond acceptors (Lipinski definition) is 2. The number of anilines is 2. The van der Waals surface area contributed by atoms with E-state index in [2.05, 4.69) is 10.6 Å². The fourth-order valence-electron chi connectivity index (χ4n) is 1.94. The van der Waals surface area contributed by atoms with Crippen molar-refractivity contribution in [1.82, 2.24) is 0 Å². The van der Waals surface area contributed by atoms with Gasteiger partial charge in [0, 0.05) is 5.69 Å². The number of halogens is 1. The van der Waals surface area contributed by atoms with Gasteiger partial charge in [-0.15, -0.1) is 0 Å². The molecule has 0 bridgehead atoms. The summed E-state index contributed by atoms with van der Waals surface area (Å²) in [6.45, 7) is 3.54. The van der Waals surface area contributed by atoms with Gasteiger partial charge >= 0.3 is 6.03 Å². The summed E-state index contributed by atoms with van der Waals surface area (Å²) >= 11 is 6.07. The number of carbonyl (C=O) groups is 1. The molecule has 21 heavy (non-hydrogen) atoms. The monoisotopic (exact) mass is 304 g/mol. The Morgan fingerprint density at radius 2 is 1.90 bits per heavy atom. The lowest BCUT2D eigenvalue weighted by Gasteiger charge is -2.12. The van der Waals surface area contributed by atoms with Crippen molar-refractivity contribution in [2.24, 2.45) is 0 Å². The first-order valence-electron chi connectivity index (χ1n) is 6.58. The highest BCUT2D eigenvalue weighted by Crippen LogP contribution is 2.25. The van der Waals surface area contributed by atoms with Crippen LogP contribution in [0.5, 0.6) is 0 Å². The quantitative estimate of drug-likeness (QED) is 0.789. The van der Waals surface area contributed by atoms with Crippen molar-refractivity contribution in [3.8, 4) is 0 Å². The van der Waals surface area contributed by atoms with Gasteiger partial charge in [0.05, 0.1) is 16.8 Å². The first-order valence-corrected chi connectivity index (χ1v) is 6.96. The van der Waals surface area contributed by atoms with Gasteiger partial charge in [0.25, 0.3) is 0 Å². The second kappa shape index (κ2) is 6.61. The minimum absolute atomic E-state index is 0.381. The van der Waals surface area contributed by atoms with Crippen molar-refractivity contribution in [3.05, 3.63) is 58.6 Å². The Labute approximate surface area is 128 Å². The molecule has 5 heteroatoms. The van der Waals surface area contributed by atoms with Gasteiger partial charge < -0.3 is 15.7 Å². The van der Waals surface area contributed by atoms with E-state index in [-0.39, 0.29) is 6.03 Å². The summed E-state index contributed by atoms with van der Waals surface area (Å²) in [7, 11) is 0. The molecule has 2 aromatic rings. The smallest absolute Gasteiger partial charge is 0.323 e. The SMILES string of the molecule is Cc1cccc(Cl)c1NC(=O)Nc1cccc(C(C)O)c1. The van der Waals surface area contributed by atoms with Gasteiger partial charge in [-0.1, -0.05) is 35.9 Å². The summed E-state index contributed by atoms with van der Waals surface area (Å²) in [6.07, 6.45) is -0.583. The molecule has 1 unspecified atom stereocenters. The molecule has 0 saturated carbocycles. The molecule has 1 atom stereocenters. The van der Waals surface area contributed by atoms with Gasteiger partial charge in [0.1, 0.15) is 0 Å². The van der Waals surface area contributed by atoms with E-state index < -0.39 is 6.10 Å². The molecule has 3 N–H and O–H groups in total. The molecule has 2 amide bonds. The fraction of sp³-hybridized carbons (Fsp3) is 0.188. The topological polar surface area (TPSA) is 61.4 Å². The van der Waals surface area contributed by atoms with E-state index >= 15 is 0 Å². The van der Waals surface area contributed by atoms with E-state index in [1.807, 2.05) is 19.1 Å². The van der Waals surface area contributed by atoms with Crippen molar-refractivity contribution in [2.75, 3.05) is 10.6 Å². The third kappa shape index (κ3) is 3.97. The van der Waals surface area contributed by atoms with Crippen LogP contribution < -0.4 is 10.6 Å². The minimum atomic E-state index is -0.583. The highest BCUT2D eigenvalue weighted by Gasteiger charge is 2.09. The zero-order chi connectivity index (χ0) is 15.4. The summed E-state index contributed by atoms with van der Waals surface area (Å²) < 4.78 is 0. The lowest BCUT2D eigenvalue weighted by atomic mass is 10.1. The molecule has 2 rings (SSSR count). The Kier molecular flexibility index (Phi) is 4.83. The van der Waals surface area contributed by atoms with Crippen molar-refractivity contribution in [1.29, 1.82) is 0 Å². The largest absolute Gasteiger partial charge is 0.389 e. The molecular formula is C16H17ClN2O2. The zero-order valence-corrected chi connectivity index (χ0v) is 12.6. The third-order valence-electron chi connectivity index (χ3n) is 3.09. The number of para-hydroxylation sites is 1. The average molecular weight is 305 g/mol. The summed E-state index contributed by atoms with van der Waals surface area (Å²) in [4.78, 5) is 12.0. The van der Waals surface area contributed by atoms with Crippen LogP contribution >= 0.6 is 11.6 Å². The molecule has 0 spiro atoms. The van der Waals surface area contributed by atoms with E-state index in [9.17, 15) is 9.90 Å². The van der Waals surface area contributed by atoms with E-state index in [1.165, 1.54) is 0 Å². The minimum Gasteiger partial charge on any atom is -0.389 e. The molecule has 0 aliphatic carbocycles. The first-order chi connectivity index (χ1) is 9.97. The average Bonchev–Trinajstić information content (AvgIpc) is 2.43. The molecule has 0 aliphatic rings. The van der Waals surface area contributed by atoms with Crippen LogP contribution in [-0.2, 0) is 0 Å². The predicted octanol–water partition coefficient (Wildman–Crippen LogP) is 4.35. The second-order valence-corrected chi connectivity index (χ2v) is 5.22. The number of amides is 2. The second-order valence-electron chi connectivity index (χ2n) is 4.81. The Morgan fingerprint density at radius 1 is 1.19 bits per heavy atom. The van der Waals surface area contributed by atoms with Crippen LogP contribution in [0.4, 0.5) is 16.2 Å². The molecular weight excluding hydrogens is 288 g/mol. The third-order valence-corrected chi connectivity index (χ3v) is 3.40. The zero-order valence-electron chi connectivity index (χ0n) is 11.9. The van der Waals surface area contributed by atoms with E-state index in [0.717, 1.165) is 11.1 Å². The van der Waals surface area contributed by atoms with Gasteiger partial charge in [-0.25, -0.2) is 4.79 Å². The Bertz CT molecular complexity index is 636. The maximum atomic E-state index is 12.0. The molecule has 0 aliphatic heterocycles. The maximum Gasteiger partial charge on any atom is 0.323 e. The number of rotatable bonds is 3. The lowest BCUT2D eigenvalue weighted by Crippen LogP contribution is -2.20. The summed E-state index contributed by atoms with van der Waals surface area (Å²) in [5, 5.41) is 15.5. The molecule has 0 radical (unpaired) electrons. The van der Waals surface area contributed by atoms with Crippen molar-refractivity contribution in [2.45, 2.75) is 20.0 Å². The molecule has 0 saturated heterocycles. The molecule has 0 aromatic heterocycles. The van der Waals surface area contributed by atoms with Crippen molar-refractivity contribution < 1.29 is 9.90 Å². The molecule has 4 nitrogen and oxygen atoms in total. The summed E-state index contributed by atoms with van der Waals surface area (Å²) in [5.41, 5.74) is 2.82. The normalized spacial score (nSPS) is 11.8. The number of aliphatic hydroxyl groups excluding tert-OH is 1. The number of urea groups is 1. The number of aliphatic hydroxyl groups is 1. The molecule has 0 fully saturated rings. The van der Waals surface area contributed by atoms with Gasteiger partial charge in [0.15, 0.2) is 0 Å². The van der Waals surface area contributed by atoms with E-state index in [0.29, 0.717) is 16.4 Å². The van der Waals surface area contributed by atoms with E-state index in [4.69, 9.17) is 11.6 Å². The summed E-state index contributed by atoms with van der Waals surface area (Å²) in [5.74, 6) is 0. The van der Waals surface area contributed by atoms with Crippen LogP contribution in [0, 0.1) is 6.92 Å². The van der Waals surface area contributed by atoms with Gasteiger partial charge in [-0.3, -0.25) is 0 Å². The van der Waals surface area contributed by atoms with Crippen LogP contribution in [-0.4, -0.2) is 11.1 Å². The first kappa shape index (κ1) is 15.4. The number of nitrogens with one attached hydrogen (secondary N) is 2. The number of benzene rings is 2. The maximum absolute atomic E-state index is 12.0. The van der Waals surface area contributed by atoms with Crippen LogP contribution in [0.1, 0.15) is 24.2 Å². The van der Waals surface area contributed by atoms with Crippen molar-refractivity contribution in [3.63, 3.8) is 0 Å². The summed E-state index contributed by atoms with van der Waals surface area (Å²) in [6, 6.07) is 12.1. The Morgan fingerprint density at radius 3 is 2.57 bits per heavy atom. The van der Waals surface area contributed by atoms with Gasteiger partial charge in [-0.05, 0) is 43.2 Å². The van der Waals surface area contributed by atoms with Crippen LogP contribution in [0.15, 0.2) is 42.5 Å². The molecule has 110 valence electrons. The van der Waals surface area contributed by atoms with Crippen LogP contribution in [0.25, 0.3) is 0 Å². The fourth-order valence-corrected chi connectivity index (χ4v) is 2.21. The van der Waals surface area contributed by atoms with E-state index in [1.54, 1.807) is 37.3 Å². The Balaban J connectivity index is 2.10. The standard InChI is InChI=1S/C16H17ClN2O2/c1-10-5-3-8-14(17)15(10)19-16(21)18-13-7-4-6-12(9-13)11(2)20/h3-9,11,20H,1-2H3,(H2,18,19,21). The number of aryl methyl sites for hydroxylation is 1. The molecule has 2 aromatic carbocycles. The number of carbonyl (C=O) groups excluding carboxylic acids is 1. The van der Waals surface area contributed by atoms with Crippen LogP contribution in [0.2, 0.25) is 5.02 Å². The highest BCUT2D eigenvalue weighted by molar-refractivity contribution is 6.34. The number of hydrogen-bond donors (Lipinski definition) is 3. The highest BCUT2D eigenvalue weighted by atomic mass is 35.5.